The van der Waals surface area contributed by atoms with Gasteiger partial charge in [0, 0.05) is 25.4 Å². The fourth-order valence-corrected chi connectivity index (χ4v) is 5.11. The molecule has 0 fully saturated rings. The maximum Gasteiger partial charge on any atom is 0.253 e. The third-order valence-corrected chi connectivity index (χ3v) is 7.44. The van der Waals surface area contributed by atoms with Crippen LogP contribution < -0.4 is 16.0 Å². The Labute approximate surface area is 250 Å². The molecule has 232 valence electrons. The second-order valence-corrected chi connectivity index (χ2v) is 11.3. The van der Waals surface area contributed by atoms with Crippen LogP contribution in [-0.4, -0.2) is 75.3 Å². The Kier molecular flexibility index (Phi) is 15.4. The molecule has 0 unspecified atom stereocenters. The molecular weight excluding hydrogens is 566 g/mol. The summed E-state index contributed by atoms with van der Waals surface area (Å²) in [5, 5.41) is 30.5. The van der Waals surface area contributed by atoms with Crippen LogP contribution in [0.2, 0.25) is 0 Å². The first-order valence-electron chi connectivity index (χ1n) is 14.1. The number of nitrogens with zero attached hydrogens (tertiary/aromatic N) is 1. The number of nitrogens with one attached hydrogen (secondary N) is 3. The minimum Gasteiger partial charge on any atom is -0.388 e. The zero-order valence-electron chi connectivity index (χ0n) is 24.3. The Balaban J connectivity index is 2.35. The Morgan fingerprint density at radius 1 is 0.952 bits per heavy atom. The van der Waals surface area contributed by atoms with Crippen molar-refractivity contribution in [3.63, 3.8) is 0 Å². The van der Waals surface area contributed by atoms with Crippen molar-refractivity contribution in [2.45, 2.75) is 89.1 Å². The van der Waals surface area contributed by atoms with E-state index >= 15 is 0 Å². The van der Waals surface area contributed by atoms with Crippen LogP contribution in [0.1, 0.15) is 68.3 Å². The van der Waals surface area contributed by atoms with E-state index < -0.39 is 59.7 Å². The van der Waals surface area contributed by atoms with Crippen LogP contribution in [-0.2, 0) is 16.0 Å². The number of aliphatic hydroxyl groups excluding tert-OH is 2. The molecule has 0 spiro atoms. The molecule has 0 saturated carbocycles. The minimum atomic E-state index is -1.63. The Morgan fingerprint density at radius 2 is 1.64 bits per heavy atom. The van der Waals surface area contributed by atoms with Crippen molar-refractivity contribution in [3.05, 3.63) is 65.5 Å². The molecular formula is C30H42F2N4O5S. The number of aliphatic hydroxyl groups is 2. The van der Waals surface area contributed by atoms with Gasteiger partial charge in [-0.25, -0.2) is 8.78 Å². The minimum absolute atomic E-state index is 0.142. The van der Waals surface area contributed by atoms with Crippen molar-refractivity contribution < 1.29 is 33.4 Å². The average molecular weight is 609 g/mol. The van der Waals surface area contributed by atoms with Gasteiger partial charge >= 0.3 is 0 Å². The highest BCUT2D eigenvalue weighted by Crippen LogP contribution is 2.17. The normalized spacial score (nSPS) is 14.7. The van der Waals surface area contributed by atoms with Gasteiger partial charge in [0.05, 0.1) is 17.6 Å². The third kappa shape index (κ3) is 12.0. The molecule has 5 atom stereocenters. The topological polar surface area (TPSA) is 141 Å². The van der Waals surface area contributed by atoms with E-state index in [0.717, 1.165) is 31.4 Å². The van der Waals surface area contributed by atoms with Gasteiger partial charge in [0.2, 0.25) is 11.8 Å². The van der Waals surface area contributed by atoms with Crippen LogP contribution in [0.15, 0.2) is 42.7 Å². The van der Waals surface area contributed by atoms with Gasteiger partial charge in [-0.3, -0.25) is 19.4 Å². The molecule has 1 heterocycles. The van der Waals surface area contributed by atoms with Crippen LogP contribution in [0.5, 0.6) is 0 Å². The van der Waals surface area contributed by atoms with E-state index in [1.54, 1.807) is 12.1 Å². The highest BCUT2D eigenvalue weighted by Gasteiger charge is 2.35. The van der Waals surface area contributed by atoms with Gasteiger partial charge in [0.15, 0.2) is 0 Å². The first-order chi connectivity index (χ1) is 20.0. The smallest absolute Gasteiger partial charge is 0.253 e. The van der Waals surface area contributed by atoms with Gasteiger partial charge in [-0.05, 0) is 61.1 Å². The molecule has 0 aliphatic rings. The molecule has 1 aromatic carbocycles. The second-order valence-electron chi connectivity index (χ2n) is 10.3. The third-order valence-electron chi connectivity index (χ3n) is 6.79. The molecule has 0 aliphatic heterocycles. The van der Waals surface area contributed by atoms with Crippen molar-refractivity contribution in [1.29, 1.82) is 0 Å². The lowest BCUT2D eigenvalue weighted by Gasteiger charge is -2.33. The Bertz CT molecular complexity index is 1120. The van der Waals surface area contributed by atoms with Gasteiger partial charge < -0.3 is 26.2 Å². The summed E-state index contributed by atoms with van der Waals surface area (Å²) in [5.74, 6) is -2.65. The van der Waals surface area contributed by atoms with Crippen LogP contribution >= 0.6 is 11.8 Å². The number of hydrogen-bond acceptors (Lipinski definition) is 7. The molecule has 2 aromatic rings. The molecule has 42 heavy (non-hydrogen) atoms. The standard InChI is InChI=1S/C30H42F2N4O5S/c1-4-5-6-7-10-25(35-29(40)21-9-8-12-33-18-21)30(41)36-26(16-20-14-22(31)17-23(32)15-20)28(39)27(38)24(11-13-42-3)34-19(2)37/h8-9,12,14-15,17-18,24-28,38-39H,4-7,10-11,13,16H2,1-3H3,(H,34,37)(H,35,40)(H,36,41)/t24-,25-,26+,27-,28-/m1/s1. The van der Waals surface area contributed by atoms with Crippen LogP contribution in [0.3, 0.4) is 0 Å². The number of amides is 3. The fourth-order valence-electron chi connectivity index (χ4n) is 4.62. The van der Waals surface area contributed by atoms with E-state index in [1.165, 1.54) is 31.1 Å². The number of rotatable bonds is 18. The van der Waals surface area contributed by atoms with E-state index in [4.69, 9.17) is 0 Å². The van der Waals surface area contributed by atoms with Crippen molar-refractivity contribution in [2.24, 2.45) is 0 Å². The van der Waals surface area contributed by atoms with Gasteiger partial charge in [-0.1, -0.05) is 32.6 Å². The average Bonchev–Trinajstić information content (AvgIpc) is 2.95. The fraction of sp³-hybridized carbons (Fsp3) is 0.533. The number of carbonyl (C=O) groups is 3. The number of benzene rings is 1. The number of pyridine rings is 1. The van der Waals surface area contributed by atoms with Gasteiger partial charge in [0.25, 0.3) is 5.91 Å². The number of aromatic nitrogens is 1. The summed E-state index contributed by atoms with van der Waals surface area (Å²) in [6.07, 6.45) is 5.41. The number of carbonyl (C=O) groups excluding carboxylic acids is 3. The zero-order chi connectivity index (χ0) is 31.1. The summed E-state index contributed by atoms with van der Waals surface area (Å²) in [4.78, 5) is 42.2. The maximum atomic E-state index is 14.0. The van der Waals surface area contributed by atoms with E-state index in [2.05, 4.69) is 20.9 Å². The van der Waals surface area contributed by atoms with Crippen molar-refractivity contribution in [3.8, 4) is 0 Å². The summed E-state index contributed by atoms with van der Waals surface area (Å²) in [5.41, 5.74) is 0.404. The van der Waals surface area contributed by atoms with Crippen LogP contribution in [0, 0.1) is 11.6 Å². The molecule has 0 aliphatic carbocycles. The molecule has 5 N–H and O–H groups in total. The summed E-state index contributed by atoms with van der Waals surface area (Å²) < 4.78 is 28.0. The van der Waals surface area contributed by atoms with Crippen LogP contribution in [0.25, 0.3) is 0 Å². The highest BCUT2D eigenvalue weighted by atomic mass is 32.2. The van der Waals surface area contributed by atoms with Gasteiger partial charge in [-0.15, -0.1) is 0 Å². The first kappa shape index (κ1) is 35.1. The number of thioether (sulfide) groups is 1. The SMILES string of the molecule is CCCCCC[C@@H](NC(=O)c1cccnc1)C(=O)N[C@@H](Cc1cc(F)cc(F)c1)[C@@H](O)[C@H](O)[C@@H](CCSC)NC(C)=O. The largest absolute Gasteiger partial charge is 0.388 e. The predicted octanol–water partition coefficient (Wildman–Crippen LogP) is 3.14. The molecule has 12 heteroatoms. The molecule has 2 rings (SSSR count). The first-order valence-corrected chi connectivity index (χ1v) is 15.5. The van der Waals surface area contributed by atoms with Crippen LogP contribution in [0.4, 0.5) is 8.78 Å². The zero-order valence-corrected chi connectivity index (χ0v) is 25.1. The molecule has 9 nitrogen and oxygen atoms in total. The van der Waals surface area contributed by atoms with E-state index in [0.29, 0.717) is 31.1 Å². The maximum absolute atomic E-state index is 14.0. The van der Waals surface area contributed by atoms with Gasteiger partial charge in [-0.2, -0.15) is 11.8 Å². The monoisotopic (exact) mass is 608 g/mol. The summed E-state index contributed by atoms with van der Waals surface area (Å²) in [6, 6.07) is 2.97. The molecule has 3 amide bonds. The quantitative estimate of drug-likeness (QED) is 0.164. The van der Waals surface area contributed by atoms with Crippen molar-refractivity contribution >= 4 is 29.5 Å². The second kappa shape index (κ2) is 18.4. The van der Waals surface area contributed by atoms with Gasteiger partial charge in [0.1, 0.15) is 29.9 Å². The summed E-state index contributed by atoms with van der Waals surface area (Å²) in [7, 11) is 0. The number of hydrogen-bond donors (Lipinski definition) is 5. The summed E-state index contributed by atoms with van der Waals surface area (Å²) in [6.45, 7) is 3.34. The lowest BCUT2D eigenvalue weighted by molar-refractivity contribution is -0.127. The lowest BCUT2D eigenvalue weighted by Crippen LogP contribution is -2.59. The molecule has 0 saturated heterocycles. The molecule has 0 radical (unpaired) electrons. The lowest BCUT2D eigenvalue weighted by atomic mass is 9.92. The van der Waals surface area contributed by atoms with E-state index in [-0.39, 0.29) is 17.5 Å². The number of halogens is 2. The molecule has 0 bridgehead atoms. The molecule has 1 aromatic heterocycles. The Morgan fingerprint density at radius 3 is 2.24 bits per heavy atom. The highest BCUT2D eigenvalue weighted by molar-refractivity contribution is 7.98. The predicted molar refractivity (Wildman–Crippen MR) is 159 cm³/mol. The van der Waals surface area contributed by atoms with Crippen molar-refractivity contribution in [2.75, 3.05) is 12.0 Å². The van der Waals surface area contributed by atoms with Crippen molar-refractivity contribution in [1.82, 2.24) is 20.9 Å². The number of unbranched alkanes of at least 4 members (excludes halogenated alkanes) is 3. The van der Waals surface area contributed by atoms with E-state index in [9.17, 15) is 33.4 Å². The Hall–Kier alpha value is -3.09. The van der Waals surface area contributed by atoms with E-state index in [1.807, 2.05) is 13.2 Å². The summed E-state index contributed by atoms with van der Waals surface area (Å²) >= 11 is 1.49.